The highest BCUT2D eigenvalue weighted by Gasteiger charge is 2.35. The van der Waals surface area contributed by atoms with Gasteiger partial charge in [-0.3, -0.25) is 4.79 Å². The van der Waals surface area contributed by atoms with E-state index in [4.69, 9.17) is 0 Å². The fourth-order valence-corrected chi connectivity index (χ4v) is 2.35. The van der Waals surface area contributed by atoms with E-state index < -0.39 is 11.4 Å². The molecule has 4 nitrogen and oxygen atoms in total. The molecule has 102 valence electrons. The zero-order valence-electron chi connectivity index (χ0n) is 11.6. The molecule has 1 unspecified atom stereocenters. The van der Waals surface area contributed by atoms with Crippen LogP contribution in [0.1, 0.15) is 51.8 Å². The number of rotatable bonds is 8. The Morgan fingerprint density at radius 3 is 2.61 bits per heavy atom. The fourth-order valence-electron chi connectivity index (χ4n) is 2.35. The molecule has 0 aliphatic rings. The van der Waals surface area contributed by atoms with Crippen molar-refractivity contribution in [2.75, 3.05) is 0 Å². The minimum atomic E-state index is -0.660. The van der Waals surface area contributed by atoms with Crippen molar-refractivity contribution in [2.24, 2.45) is 12.5 Å². The van der Waals surface area contributed by atoms with Gasteiger partial charge >= 0.3 is 5.97 Å². The van der Waals surface area contributed by atoms with Crippen LogP contribution in [-0.4, -0.2) is 20.6 Å². The third-order valence-electron chi connectivity index (χ3n) is 3.89. The number of unbranched alkanes of at least 4 members (excludes halogenated alkanes) is 1. The minimum Gasteiger partial charge on any atom is -0.481 e. The van der Waals surface area contributed by atoms with Gasteiger partial charge < -0.3 is 9.67 Å². The average molecular weight is 252 g/mol. The van der Waals surface area contributed by atoms with E-state index in [2.05, 4.69) is 11.9 Å². The maximum atomic E-state index is 11.6. The largest absolute Gasteiger partial charge is 0.481 e. The highest BCUT2D eigenvalue weighted by molar-refractivity contribution is 5.74. The number of imidazole rings is 1. The second kappa shape index (κ2) is 6.57. The van der Waals surface area contributed by atoms with Crippen LogP contribution in [0, 0.1) is 5.41 Å². The van der Waals surface area contributed by atoms with E-state index in [1.165, 1.54) is 0 Å². The van der Waals surface area contributed by atoms with E-state index in [1.807, 2.05) is 24.7 Å². The number of carboxylic acids is 1. The van der Waals surface area contributed by atoms with Crippen molar-refractivity contribution in [3.05, 3.63) is 18.2 Å². The predicted octanol–water partition coefficient (Wildman–Crippen LogP) is 3.02. The van der Waals surface area contributed by atoms with Crippen molar-refractivity contribution in [1.82, 2.24) is 9.55 Å². The summed E-state index contributed by atoms with van der Waals surface area (Å²) in [5, 5.41) is 9.52. The van der Waals surface area contributed by atoms with Crippen LogP contribution in [0.5, 0.6) is 0 Å². The molecule has 1 atom stereocenters. The molecule has 0 aliphatic carbocycles. The fraction of sp³-hybridized carbons (Fsp3) is 0.714. The molecule has 0 spiro atoms. The highest BCUT2D eigenvalue weighted by atomic mass is 16.4. The van der Waals surface area contributed by atoms with Gasteiger partial charge in [-0.1, -0.05) is 26.7 Å². The van der Waals surface area contributed by atoms with Crippen LogP contribution in [0.25, 0.3) is 0 Å². The molecule has 0 aliphatic heterocycles. The highest BCUT2D eigenvalue weighted by Crippen LogP contribution is 2.34. The molecule has 0 amide bonds. The summed E-state index contributed by atoms with van der Waals surface area (Å²) >= 11 is 0. The Labute approximate surface area is 109 Å². The number of aromatic nitrogens is 2. The number of aliphatic carboxylic acids is 1. The summed E-state index contributed by atoms with van der Waals surface area (Å²) in [6, 6.07) is 0. The van der Waals surface area contributed by atoms with Crippen LogP contribution in [-0.2, 0) is 18.3 Å². The second-order valence-corrected chi connectivity index (χ2v) is 5.00. The van der Waals surface area contributed by atoms with Gasteiger partial charge in [-0.2, -0.15) is 0 Å². The first-order valence-corrected chi connectivity index (χ1v) is 6.75. The van der Waals surface area contributed by atoms with Gasteiger partial charge in [0.1, 0.15) is 5.82 Å². The maximum absolute atomic E-state index is 11.6. The van der Waals surface area contributed by atoms with Gasteiger partial charge in [-0.25, -0.2) is 4.98 Å². The van der Waals surface area contributed by atoms with Crippen LogP contribution in [0.4, 0.5) is 0 Å². The Hall–Kier alpha value is -1.32. The number of hydrogen-bond acceptors (Lipinski definition) is 2. The number of nitrogens with zero attached hydrogens (tertiary/aromatic N) is 2. The summed E-state index contributed by atoms with van der Waals surface area (Å²) < 4.78 is 1.96. The van der Waals surface area contributed by atoms with Gasteiger partial charge in [0.25, 0.3) is 0 Å². The Morgan fingerprint density at radius 2 is 2.17 bits per heavy atom. The van der Waals surface area contributed by atoms with Gasteiger partial charge in [0.2, 0.25) is 0 Å². The first-order valence-electron chi connectivity index (χ1n) is 6.75. The Kier molecular flexibility index (Phi) is 5.38. The standard InChI is InChI=1S/C14H24N2O2/c1-4-6-8-14(5-2,13(17)18)9-7-12-15-10-11-16(12)3/h10-11H,4-9H2,1-3H3,(H,17,18). The quantitative estimate of drug-likeness (QED) is 0.773. The number of carboxylic acid groups (broad SMARTS) is 1. The van der Waals surface area contributed by atoms with Gasteiger partial charge in [0, 0.05) is 25.9 Å². The van der Waals surface area contributed by atoms with Crippen molar-refractivity contribution >= 4 is 5.97 Å². The molecule has 1 heterocycles. The number of aryl methyl sites for hydroxylation is 2. The van der Waals surface area contributed by atoms with Crippen LogP contribution in [0.2, 0.25) is 0 Å². The molecule has 0 saturated heterocycles. The summed E-state index contributed by atoms with van der Waals surface area (Å²) in [5.41, 5.74) is -0.581. The van der Waals surface area contributed by atoms with Gasteiger partial charge in [-0.05, 0) is 19.3 Å². The molecule has 0 aromatic carbocycles. The van der Waals surface area contributed by atoms with Crippen LogP contribution in [0.15, 0.2) is 12.4 Å². The molecule has 18 heavy (non-hydrogen) atoms. The Balaban J connectivity index is 2.72. The van der Waals surface area contributed by atoms with Crippen molar-refractivity contribution in [3.8, 4) is 0 Å². The van der Waals surface area contributed by atoms with Crippen molar-refractivity contribution < 1.29 is 9.90 Å². The predicted molar refractivity (Wildman–Crippen MR) is 71.4 cm³/mol. The van der Waals surface area contributed by atoms with Crippen LogP contribution in [0.3, 0.4) is 0 Å². The lowest BCUT2D eigenvalue weighted by molar-refractivity contribution is -0.150. The van der Waals surface area contributed by atoms with Gasteiger partial charge in [-0.15, -0.1) is 0 Å². The zero-order chi connectivity index (χ0) is 13.6. The Morgan fingerprint density at radius 1 is 1.44 bits per heavy atom. The number of carbonyl (C=O) groups is 1. The lowest BCUT2D eigenvalue weighted by Crippen LogP contribution is -2.31. The first-order chi connectivity index (χ1) is 8.55. The molecule has 0 fully saturated rings. The molecule has 0 bridgehead atoms. The van der Waals surface area contributed by atoms with Crippen molar-refractivity contribution in [3.63, 3.8) is 0 Å². The van der Waals surface area contributed by atoms with Crippen molar-refractivity contribution in [2.45, 2.75) is 52.4 Å². The smallest absolute Gasteiger partial charge is 0.309 e. The van der Waals surface area contributed by atoms with Crippen LogP contribution < -0.4 is 0 Å². The molecular weight excluding hydrogens is 228 g/mol. The lowest BCUT2D eigenvalue weighted by Gasteiger charge is -2.28. The summed E-state index contributed by atoms with van der Waals surface area (Å²) in [5.74, 6) is 0.304. The summed E-state index contributed by atoms with van der Waals surface area (Å²) in [6.45, 7) is 4.07. The topological polar surface area (TPSA) is 55.1 Å². The molecule has 0 radical (unpaired) electrons. The van der Waals surface area contributed by atoms with E-state index in [9.17, 15) is 9.90 Å². The average Bonchev–Trinajstić information content (AvgIpc) is 2.75. The third kappa shape index (κ3) is 3.34. The lowest BCUT2D eigenvalue weighted by atomic mass is 9.76. The molecule has 4 heteroatoms. The van der Waals surface area contributed by atoms with E-state index in [0.29, 0.717) is 12.8 Å². The monoisotopic (exact) mass is 252 g/mol. The van der Waals surface area contributed by atoms with E-state index >= 15 is 0 Å². The summed E-state index contributed by atoms with van der Waals surface area (Å²) in [4.78, 5) is 15.8. The second-order valence-electron chi connectivity index (χ2n) is 5.00. The molecule has 0 saturated carbocycles. The summed E-state index contributed by atoms with van der Waals surface area (Å²) in [6.07, 6.45) is 8.52. The Bertz CT molecular complexity index is 387. The van der Waals surface area contributed by atoms with E-state index in [0.717, 1.165) is 31.5 Å². The zero-order valence-corrected chi connectivity index (χ0v) is 11.6. The minimum absolute atomic E-state index is 0.581. The number of hydrogen-bond donors (Lipinski definition) is 1. The third-order valence-corrected chi connectivity index (χ3v) is 3.89. The molecule has 1 N–H and O–H groups in total. The maximum Gasteiger partial charge on any atom is 0.309 e. The molecular formula is C14H24N2O2. The van der Waals surface area contributed by atoms with Crippen LogP contribution >= 0.6 is 0 Å². The van der Waals surface area contributed by atoms with Gasteiger partial charge in [0.15, 0.2) is 0 Å². The normalized spacial score (nSPS) is 14.4. The first kappa shape index (κ1) is 14.7. The SMILES string of the molecule is CCCCC(CC)(CCc1nccn1C)C(=O)O. The van der Waals surface area contributed by atoms with E-state index in [-0.39, 0.29) is 0 Å². The molecule has 1 rings (SSSR count). The molecule has 1 aromatic heterocycles. The van der Waals surface area contributed by atoms with Gasteiger partial charge in [0.05, 0.1) is 5.41 Å². The van der Waals surface area contributed by atoms with Crippen molar-refractivity contribution in [1.29, 1.82) is 0 Å². The summed E-state index contributed by atoms with van der Waals surface area (Å²) in [7, 11) is 1.95. The van der Waals surface area contributed by atoms with E-state index in [1.54, 1.807) is 6.20 Å². The molecule has 1 aromatic rings.